The Bertz CT molecular complexity index is 303. The van der Waals surface area contributed by atoms with Gasteiger partial charge in [-0.25, -0.2) is 0 Å². The Morgan fingerprint density at radius 1 is 1.33 bits per heavy atom. The largest absolute Gasteiger partial charge is 0.376 e. The van der Waals surface area contributed by atoms with Gasteiger partial charge in [0.1, 0.15) is 0 Å². The zero-order valence-electron chi connectivity index (χ0n) is 13.5. The Labute approximate surface area is 135 Å². The predicted octanol–water partition coefficient (Wildman–Crippen LogP) is 2.46. The Morgan fingerprint density at radius 3 is 2.76 bits per heavy atom. The first kappa shape index (κ1) is 18.7. The fourth-order valence-electron chi connectivity index (χ4n) is 3.32. The van der Waals surface area contributed by atoms with Gasteiger partial charge >= 0.3 is 0 Å². The molecule has 21 heavy (non-hydrogen) atoms. The number of carbonyl (C=O) groups excluding carboxylic acids is 1. The number of carbonyl (C=O) groups is 1. The lowest BCUT2D eigenvalue weighted by Gasteiger charge is -2.31. The van der Waals surface area contributed by atoms with Gasteiger partial charge in [-0.15, -0.1) is 12.4 Å². The fourth-order valence-corrected chi connectivity index (χ4v) is 3.32. The lowest BCUT2D eigenvalue weighted by molar-refractivity contribution is -0.133. The molecule has 2 saturated heterocycles. The predicted molar refractivity (Wildman–Crippen MR) is 87.9 cm³/mol. The number of hydrogen-bond acceptors (Lipinski definition) is 3. The van der Waals surface area contributed by atoms with Crippen molar-refractivity contribution in [1.29, 1.82) is 0 Å². The van der Waals surface area contributed by atoms with Crippen molar-refractivity contribution >= 4 is 18.3 Å². The van der Waals surface area contributed by atoms with Gasteiger partial charge in [-0.05, 0) is 57.0 Å². The molecule has 124 valence electrons. The van der Waals surface area contributed by atoms with E-state index in [1.54, 1.807) is 0 Å². The van der Waals surface area contributed by atoms with Gasteiger partial charge in [0.25, 0.3) is 0 Å². The summed E-state index contributed by atoms with van der Waals surface area (Å²) in [6, 6.07) is 0. The van der Waals surface area contributed by atoms with E-state index in [1.807, 2.05) is 11.9 Å². The number of hydrogen-bond donors (Lipinski definition) is 1. The molecule has 2 fully saturated rings. The number of rotatable bonds is 5. The van der Waals surface area contributed by atoms with Crippen LogP contribution >= 0.6 is 12.4 Å². The van der Waals surface area contributed by atoms with E-state index in [0.717, 1.165) is 32.7 Å². The highest BCUT2D eigenvalue weighted by Gasteiger charge is 2.24. The molecule has 5 heteroatoms. The highest BCUT2D eigenvalue weighted by atomic mass is 35.5. The number of piperidine rings is 1. The highest BCUT2D eigenvalue weighted by molar-refractivity contribution is 5.85. The van der Waals surface area contributed by atoms with E-state index in [2.05, 4.69) is 12.2 Å². The van der Waals surface area contributed by atoms with Crippen LogP contribution in [0.5, 0.6) is 0 Å². The smallest absolute Gasteiger partial charge is 0.222 e. The average Bonchev–Trinajstić information content (AvgIpc) is 2.49. The van der Waals surface area contributed by atoms with Crippen molar-refractivity contribution in [3.63, 3.8) is 0 Å². The third-order valence-electron chi connectivity index (χ3n) is 4.81. The van der Waals surface area contributed by atoms with E-state index in [-0.39, 0.29) is 24.4 Å². The molecular weight excluding hydrogens is 288 g/mol. The molecule has 2 aliphatic heterocycles. The summed E-state index contributed by atoms with van der Waals surface area (Å²) in [5.74, 6) is 1.41. The Hall–Kier alpha value is -0.320. The number of nitrogens with zero attached hydrogens (tertiary/aromatic N) is 1. The van der Waals surface area contributed by atoms with Gasteiger partial charge in [-0.2, -0.15) is 0 Å². The van der Waals surface area contributed by atoms with E-state index >= 15 is 0 Å². The van der Waals surface area contributed by atoms with Crippen LogP contribution in [0.25, 0.3) is 0 Å². The first-order valence-electron chi connectivity index (χ1n) is 8.23. The maximum atomic E-state index is 12.3. The van der Waals surface area contributed by atoms with Crippen molar-refractivity contribution < 1.29 is 9.53 Å². The summed E-state index contributed by atoms with van der Waals surface area (Å²) in [7, 11) is 1.92. The molecule has 0 saturated carbocycles. The molecule has 0 aromatic carbocycles. The summed E-state index contributed by atoms with van der Waals surface area (Å²) in [5.41, 5.74) is 0. The van der Waals surface area contributed by atoms with Crippen molar-refractivity contribution in [2.45, 2.75) is 51.6 Å². The molecule has 0 aromatic rings. The van der Waals surface area contributed by atoms with E-state index in [4.69, 9.17) is 4.74 Å². The Balaban J connectivity index is 0.00000220. The second-order valence-electron chi connectivity index (χ2n) is 6.55. The molecule has 2 aliphatic rings. The number of ether oxygens (including phenoxy) is 1. The Morgan fingerprint density at radius 2 is 2.14 bits per heavy atom. The van der Waals surface area contributed by atoms with Gasteiger partial charge < -0.3 is 15.0 Å². The zero-order chi connectivity index (χ0) is 14.4. The molecule has 0 spiro atoms. The van der Waals surface area contributed by atoms with E-state index in [1.165, 1.54) is 25.7 Å². The summed E-state index contributed by atoms with van der Waals surface area (Å²) in [4.78, 5) is 14.2. The molecule has 0 radical (unpaired) electrons. The van der Waals surface area contributed by atoms with Crippen LogP contribution in [0.4, 0.5) is 0 Å². The second kappa shape index (κ2) is 9.65. The van der Waals surface area contributed by atoms with Crippen LogP contribution in [0, 0.1) is 11.8 Å². The van der Waals surface area contributed by atoms with Gasteiger partial charge in [-0.3, -0.25) is 4.79 Å². The minimum absolute atomic E-state index is 0. The second-order valence-corrected chi connectivity index (χ2v) is 6.55. The van der Waals surface area contributed by atoms with E-state index < -0.39 is 0 Å². The standard InChI is InChI=1S/C16H30N2O2.ClH/c1-13(14-6-5-8-17-11-14)10-16(19)18(2)12-15-7-3-4-9-20-15;/h13-15,17H,3-12H2,1-2H3;1H. The SMILES string of the molecule is CC(CC(=O)N(C)CC1CCCCO1)C1CCCNC1.Cl. The van der Waals surface area contributed by atoms with Crippen molar-refractivity contribution in [2.75, 3.05) is 33.3 Å². The molecule has 0 aliphatic carbocycles. The van der Waals surface area contributed by atoms with Gasteiger partial charge in [0.2, 0.25) is 5.91 Å². The summed E-state index contributed by atoms with van der Waals surface area (Å²) < 4.78 is 5.72. The molecule has 0 bridgehead atoms. The number of nitrogens with one attached hydrogen (secondary N) is 1. The van der Waals surface area contributed by atoms with Crippen LogP contribution in [-0.2, 0) is 9.53 Å². The average molecular weight is 319 g/mol. The van der Waals surface area contributed by atoms with Crippen LogP contribution in [0.15, 0.2) is 0 Å². The lowest BCUT2D eigenvalue weighted by Crippen LogP contribution is -2.39. The summed E-state index contributed by atoms with van der Waals surface area (Å²) >= 11 is 0. The Kier molecular flexibility index (Phi) is 8.60. The fraction of sp³-hybridized carbons (Fsp3) is 0.938. The van der Waals surface area contributed by atoms with Crippen LogP contribution in [0.2, 0.25) is 0 Å². The van der Waals surface area contributed by atoms with Crippen LogP contribution in [0.3, 0.4) is 0 Å². The lowest BCUT2D eigenvalue weighted by atomic mass is 9.85. The molecule has 1 N–H and O–H groups in total. The minimum Gasteiger partial charge on any atom is -0.376 e. The third kappa shape index (κ3) is 6.13. The summed E-state index contributed by atoms with van der Waals surface area (Å²) in [5, 5.41) is 3.44. The highest BCUT2D eigenvalue weighted by Crippen LogP contribution is 2.23. The van der Waals surface area contributed by atoms with Gasteiger partial charge in [-0.1, -0.05) is 6.92 Å². The quantitative estimate of drug-likeness (QED) is 0.846. The van der Waals surface area contributed by atoms with Crippen LogP contribution < -0.4 is 5.32 Å². The molecule has 3 unspecified atom stereocenters. The minimum atomic E-state index is 0. The maximum Gasteiger partial charge on any atom is 0.222 e. The number of halogens is 1. The first-order chi connectivity index (χ1) is 9.66. The monoisotopic (exact) mass is 318 g/mol. The molecule has 2 heterocycles. The van der Waals surface area contributed by atoms with Gasteiger partial charge in [0.05, 0.1) is 6.10 Å². The molecule has 2 rings (SSSR count). The molecule has 3 atom stereocenters. The summed E-state index contributed by atoms with van der Waals surface area (Å²) in [6.07, 6.45) is 6.93. The first-order valence-corrected chi connectivity index (χ1v) is 8.23. The zero-order valence-corrected chi connectivity index (χ0v) is 14.3. The molecule has 0 aromatic heterocycles. The number of amides is 1. The van der Waals surface area contributed by atoms with Crippen LogP contribution in [-0.4, -0.2) is 50.2 Å². The third-order valence-corrected chi connectivity index (χ3v) is 4.81. The maximum absolute atomic E-state index is 12.3. The molecule has 4 nitrogen and oxygen atoms in total. The van der Waals surface area contributed by atoms with Crippen LogP contribution in [0.1, 0.15) is 45.4 Å². The summed E-state index contributed by atoms with van der Waals surface area (Å²) in [6.45, 7) is 6.05. The number of likely N-dealkylation sites (N-methyl/N-ethyl adjacent to an activating group) is 1. The van der Waals surface area contributed by atoms with Gasteiger partial charge in [0.15, 0.2) is 0 Å². The molecule has 1 amide bonds. The van der Waals surface area contributed by atoms with E-state index in [9.17, 15) is 4.79 Å². The molecular formula is C16H31ClN2O2. The van der Waals surface area contributed by atoms with E-state index in [0.29, 0.717) is 18.3 Å². The van der Waals surface area contributed by atoms with Crippen molar-refractivity contribution in [1.82, 2.24) is 10.2 Å². The van der Waals surface area contributed by atoms with Crippen molar-refractivity contribution in [3.8, 4) is 0 Å². The van der Waals surface area contributed by atoms with Crippen molar-refractivity contribution in [2.24, 2.45) is 11.8 Å². The van der Waals surface area contributed by atoms with Crippen molar-refractivity contribution in [3.05, 3.63) is 0 Å². The topological polar surface area (TPSA) is 41.6 Å². The normalized spacial score (nSPS) is 27.5. The van der Waals surface area contributed by atoms with Gasteiger partial charge in [0, 0.05) is 26.6 Å².